The van der Waals surface area contributed by atoms with Crippen molar-refractivity contribution in [1.82, 2.24) is 5.32 Å². The van der Waals surface area contributed by atoms with Crippen LogP contribution >= 0.6 is 0 Å². The second-order valence-corrected chi connectivity index (χ2v) is 3.49. The zero-order valence-electron chi connectivity index (χ0n) is 9.22. The van der Waals surface area contributed by atoms with Crippen molar-refractivity contribution in [1.29, 1.82) is 0 Å². The molecule has 0 saturated carbocycles. The number of benzene rings is 1. The Kier molecular flexibility index (Phi) is 4.74. The third-order valence-corrected chi connectivity index (χ3v) is 2.08. The summed E-state index contributed by atoms with van der Waals surface area (Å²) >= 11 is 0. The van der Waals surface area contributed by atoms with Crippen LogP contribution in [0.25, 0.3) is 0 Å². The van der Waals surface area contributed by atoms with E-state index >= 15 is 0 Å². The zero-order valence-corrected chi connectivity index (χ0v) is 9.22. The maximum absolute atomic E-state index is 12.7. The molecule has 0 heterocycles. The van der Waals surface area contributed by atoms with E-state index in [1.807, 2.05) is 0 Å². The lowest BCUT2D eigenvalue weighted by molar-refractivity contribution is -0.148. The molecule has 0 aliphatic rings. The summed E-state index contributed by atoms with van der Waals surface area (Å²) in [4.78, 5) is 0. The van der Waals surface area contributed by atoms with Crippen LogP contribution in [0.1, 0.15) is 5.56 Å². The molecule has 0 unspecified atom stereocenters. The number of hydrogen-bond acceptors (Lipinski definition) is 2. The van der Waals surface area contributed by atoms with E-state index in [0.717, 1.165) is 0 Å². The van der Waals surface area contributed by atoms with E-state index in [9.17, 15) is 17.6 Å². The third kappa shape index (κ3) is 3.89. The molecule has 0 saturated heterocycles. The molecule has 17 heavy (non-hydrogen) atoms. The van der Waals surface area contributed by atoms with Crippen LogP contribution in [0.5, 0.6) is 5.75 Å². The molecule has 1 aromatic carbocycles. The van der Waals surface area contributed by atoms with Gasteiger partial charge in [0, 0.05) is 12.1 Å². The summed E-state index contributed by atoms with van der Waals surface area (Å²) in [7, 11) is 1.69. The topological polar surface area (TPSA) is 21.3 Å². The van der Waals surface area contributed by atoms with Gasteiger partial charge in [0.05, 0.1) is 0 Å². The predicted molar refractivity (Wildman–Crippen MR) is 55.7 cm³/mol. The van der Waals surface area contributed by atoms with E-state index in [-0.39, 0.29) is 5.75 Å². The van der Waals surface area contributed by atoms with Crippen molar-refractivity contribution in [3.63, 3.8) is 0 Å². The Labute approximate surface area is 96.6 Å². The second-order valence-electron chi connectivity index (χ2n) is 3.49. The largest absolute Gasteiger partial charge is 0.487 e. The number of rotatable bonds is 6. The van der Waals surface area contributed by atoms with E-state index in [1.165, 1.54) is 6.07 Å². The Morgan fingerprint density at radius 1 is 1.29 bits per heavy atom. The minimum atomic E-state index is -4.13. The van der Waals surface area contributed by atoms with Crippen LogP contribution < -0.4 is 10.1 Å². The molecule has 1 rings (SSSR count). The van der Waals surface area contributed by atoms with Gasteiger partial charge in [-0.15, -0.1) is 0 Å². The van der Waals surface area contributed by atoms with Gasteiger partial charge in [0.2, 0.25) is 0 Å². The highest BCUT2D eigenvalue weighted by molar-refractivity contribution is 5.33. The van der Waals surface area contributed by atoms with E-state index in [0.29, 0.717) is 12.1 Å². The van der Waals surface area contributed by atoms with Crippen molar-refractivity contribution in [3.8, 4) is 5.75 Å². The Morgan fingerprint density at radius 2 is 1.94 bits per heavy atom. The number of nitrogens with one attached hydrogen (secondary N) is 1. The average molecular weight is 251 g/mol. The van der Waals surface area contributed by atoms with Crippen LogP contribution in [0.4, 0.5) is 17.6 Å². The first-order valence-electron chi connectivity index (χ1n) is 4.98. The SMILES string of the molecule is CNCc1ccccc1OCC(F)(F)C(F)F. The van der Waals surface area contributed by atoms with Crippen molar-refractivity contribution >= 4 is 0 Å². The van der Waals surface area contributed by atoms with Gasteiger partial charge >= 0.3 is 12.3 Å². The molecular weight excluding hydrogens is 238 g/mol. The van der Waals surface area contributed by atoms with Crippen LogP contribution in [0, 0.1) is 0 Å². The van der Waals surface area contributed by atoms with E-state index in [2.05, 4.69) is 5.32 Å². The summed E-state index contributed by atoms with van der Waals surface area (Å²) in [5, 5.41) is 2.83. The molecule has 0 bridgehead atoms. The fourth-order valence-electron chi connectivity index (χ4n) is 1.22. The first-order chi connectivity index (χ1) is 7.97. The lowest BCUT2D eigenvalue weighted by atomic mass is 10.2. The van der Waals surface area contributed by atoms with Crippen molar-refractivity contribution in [3.05, 3.63) is 29.8 Å². The molecule has 0 spiro atoms. The molecule has 1 N–H and O–H groups in total. The zero-order chi connectivity index (χ0) is 12.9. The summed E-state index contributed by atoms with van der Waals surface area (Å²) in [6.45, 7) is -0.915. The third-order valence-electron chi connectivity index (χ3n) is 2.08. The second kappa shape index (κ2) is 5.86. The highest BCUT2D eigenvalue weighted by atomic mass is 19.3. The number of halogens is 4. The van der Waals surface area contributed by atoms with E-state index in [4.69, 9.17) is 4.74 Å². The maximum atomic E-state index is 12.7. The number of hydrogen-bond donors (Lipinski definition) is 1. The Hall–Kier alpha value is -1.30. The molecule has 0 radical (unpaired) electrons. The van der Waals surface area contributed by atoms with Crippen LogP contribution in [0.15, 0.2) is 24.3 Å². The fourth-order valence-corrected chi connectivity index (χ4v) is 1.22. The van der Waals surface area contributed by atoms with Crippen molar-refractivity contribution in [2.75, 3.05) is 13.7 Å². The highest BCUT2D eigenvalue weighted by Crippen LogP contribution is 2.25. The van der Waals surface area contributed by atoms with Gasteiger partial charge in [0.1, 0.15) is 5.75 Å². The minimum absolute atomic E-state index is 0.183. The van der Waals surface area contributed by atoms with Gasteiger partial charge < -0.3 is 10.1 Å². The number of para-hydroxylation sites is 1. The minimum Gasteiger partial charge on any atom is -0.487 e. The first-order valence-corrected chi connectivity index (χ1v) is 4.98. The van der Waals surface area contributed by atoms with E-state index < -0.39 is 19.0 Å². The summed E-state index contributed by atoms with van der Waals surface area (Å²) in [5.74, 6) is -3.95. The summed E-state index contributed by atoms with van der Waals surface area (Å²) in [6, 6.07) is 6.44. The predicted octanol–water partition coefficient (Wildman–Crippen LogP) is 2.69. The maximum Gasteiger partial charge on any atom is 0.340 e. The Bertz CT molecular complexity index is 357. The molecule has 0 aliphatic heterocycles. The molecule has 6 heteroatoms. The molecule has 2 nitrogen and oxygen atoms in total. The van der Waals surface area contributed by atoms with Gasteiger partial charge in [-0.2, -0.15) is 8.78 Å². The standard InChI is InChI=1S/C11H13F4NO/c1-16-6-8-4-2-3-5-9(8)17-7-11(14,15)10(12)13/h2-5,10,16H,6-7H2,1H3. The van der Waals surface area contributed by atoms with Gasteiger partial charge in [-0.3, -0.25) is 0 Å². The van der Waals surface area contributed by atoms with Crippen molar-refractivity contribution < 1.29 is 22.3 Å². The van der Waals surface area contributed by atoms with Crippen LogP contribution in [0.2, 0.25) is 0 Å². The molecular formula is C11H13F4NO. The van der Waals surface area contributed by atoms with Gasteiger partial charge in [0.25, 0.3) is 0 Å². The molecule has 96 valence electrons. The molecule has 0 fully saturated rings. The Morgan fingerprint density at radius 3 is 2.53 bits per heavy atom. The fraction of sp³-hybridized carbons (Fsp3) is 0.455. The lowest BCUT2D eigenvalue weighted by Gasteiger charge is -2.17. The molecule has 0 amide bonds. The van der Waals surface area contributed by atoms with Crippen molar-refractivity contribution in [2.45, 2.75) is 18.9 Å². The smallest absolute Gasteiger partial charge is 0.340 e. The number of ether oxygens (including phenoxy) is 1. The van der Waals surface area contributed by atoms with Crippen LogP contribution in [-0.2, 0) is 6.54 Å². The van der Waals surface area contributed by atoms with E-state index in [1.54, 1.807) is 25.2 Å². The summed E-state index contributed by atoms with van der Waals surface area (Å²) in [6.07, 6.45) is -3.72. The quantitative estimate of drug-likeness (QED) is 0.785. The molecule has 0 atom stereocenters. The van der Waals surface area contributed by atoms with Gasteiger partial charge in [-0.25, -0.2) is 8.78 Å². The summed E-state index contributed by atoms with van der Waals surface area (Å²) < 4.78 is 53.9. The molecule has 0 aromatic heterocycles. The summed E-state index contributed by atoms with van der Waals surface area (Å²) in [5.41, 5.74) is 0.639. The number of alkyl halides is 4. The van der Waals surface area contributed by atoms with Crippen molar-refractivity contribution in [2.24, 2.45) is 0 Å². The molecule has 0 aliphatic carbocycles. The van der Waals surface area contributed by atoms with Gasteiger partial charge in [-0.1, -0.05) is 18.2 Å². The average Bonchev–Trinajstić information content (AvgIpc) is 2.28. The van der Waals surface area contributed by atoms with Crippen LogP contribution in [0.3, 0.4) is 0 Å². The monoisotopic (exact) mass is 251 g/mol. The Balaban J connectivity index is 2.69. The normalized spacial score (nSPS) is 11.9. The van der Waals surface area contributed by atoms with Crippen LogP contribution in [-0.4, -0.2) is 26.0 Å². The first kappa shape index (κ1) is 13.8. The lowest BCUT2D eigenvalue weighted by Crippen LogP contribution is -2.34. The van der Waals surface area contributed by atoms with Gasteiger partial charge in [0.15, 0.2) is 6.61 Å². The highest BCUT2D eigenvalue weighted by Gasteiger charge is 2.41. The molecule has 1 aromatic rings. The van der Waals surface area contributed by atoms with Gasteiger partial charge in [-0.05, 0) is 13.1 Å².